The van der Waals surface area contributed by atoms with Gasteiger partial charge in [0.05, 0.1) is 0 Å². The first-order valence-electron chi connectivity index (χ1n) is 17.3. The summed E-state index contributed by atoms with van der Waals surface area (Å²) in [6.45, 7) is 7.09. The number of hydrogen-bond donors (Lipinski definition) is 1. The Labute approximate surface area is 290 Å². The molecule has 0 radical (unpaired) electrons. The molecule has 0 aliphatic heterocycles. The molecule has 2 aliphatic carbocycles. The molecule has 0 spiro atoms. The van der Waals surface area contributed by atoms with Gasteiger partial charge in [0, 0.05) is 59.2 Å². The zero-order valence-electron chi connectivity index (χ0n) is 28.6. The standard InChI is InChI=1S/C44H43NO4/c1-31(25-27-45-43(47)49-41-29-37-17-7-5-13-33(37)21-23-35-15-9-11-19-39(35)41)30-44(2,3)26-24-42(46)48-40-28-36-16-6-4-12-32(36)20-22-34-14-8-10-18-38(34)40/h4-19,31,40-41H,24-30H2,1-3H3,(H,45,47). The van der Waals surface area contributed by atoms with E-state index in [0.717, 1.165) is 57.3 Å². The summed E-state index contributed by atoms with van der Waals surface area (Å²) < 4.78 is 12.1. The van der Waals surface area contributed by atoms with Crippen molar-refractivity contribution in [1.29, 1.82) is 0 Å². The summed E-state index contributed by atoms with van der Waals surface area (Å²) in [7, 11) is 0. The highest BCUT2D eigenvalue weighted by molar-refractivity contribution is 5.70. The van der Waals surface area contributed by atoms with Crippen molar-refractivity contribution in [3.05, 3.63) is 142 Å². The Bertz CT molecular complexity index is 1950. The minimum atomic E-state index is -0.429. The first kappa shape index (κ1) is 33.6. The number of carbonyl (C=O) groups is 2. The van der Waals surface area contributed by atoms with Crippen molar-refractivity contribution in [3.63, 3.8) is 0 Å². The molecule has 1 N–H and O–H groups in total. The number of nitrogens with one attached hydrogen (secondary N) is 1. The number of benzene rings is 4. The Kier molecular flexibility index (Phi) is 10.5. The largest absolute Gasteiger partial charge is 0.457 e. The van der Waals surface area contributed by atoms with Gasteiger partial charge in [0.25, 0.3) is 0 Å². The third-order valence-corrected chi connectivity index (χ3v) is 9.46. The van der Waals surface area contributed by atoms with Crippen molar-refractivity contribution in [2.24, 2.45) is 11.3 Å². The lowest BCUT2D eigenvalue weighted by molar-refractivity contribution is -0.150. The van der Waals surface area contributed by atoms with Gasteiger partial charge in [-0.05, 0) is 66.0 Å². The Morgan fingerprint density at radius 1 is 0.714 bits per heavy atom. The summed E-state index contributed by atoms with van der Waals surface area (Å²) in [5.74, 6) is 13.2. The van der Waals surface area contributed by atoms with Crippen molar-refractivity contribution in [3.8, 4) is 23.7 Å². The minimum Gasteiger partial charge on any atom is -0.457 e. The van der Waals surface area contributed by atoms with Gasteiger partial charge in [-0.15, -0.1) is 0 Å². The van der Waals surface area contributed by atoms with Crippen LogP contribution in [0.15, 0.2) is 97.1 Å². The van der Waals surface area contributed by atoms with Crippen molar-refractivity contribution >= 4 is 12.1 Å². The smallest absolute Gasteiger partial charge is 0.407 e. The molecule has 5 nitrogen and oxygen atoms in total. The fraction of sp³-hybridized carbons (Fsp3) is 0.318. The van der Waals surface area contributed by atoms with Crippen LogP contribution in [0.25, 0.3) is 0 Å². The highest BCUT2D eigenvalue weighted by Gasteiger charge is 2.27. The van der Waals surface area contributed by atoms with Gasteiger partial charge in [-0.25, -0.2) is 4.79 Å². The number of hydrogen-bond acceptors (Lipinski definition) is 4. The van der Waals surface area contributed by atoms with Gasteiger partial charge in [-0.1, -0.05) is 117 Å². The van der Waals surface area contributed by atoms with Crippen LogP contribution >= 0.6 is 0 Å². The lowest BCUT2D eigenvalue weighted by Gasteiger charge is -2.28. The molecular weight excluding hydrogens is 606 g/mol. The van der Waals surface area contributed by atoms with Crippen molar-refractivity contribution in [1.82, 2.24) is 5.32 Å². The molecule has 0 saturated heterocycles. The predicted molar refractivity (Wildman–Crippen MR) is 193 cm³/mol. The van der Waals surface area contributed by atoms with Gasteiger partial charge in [0.15, 0.2) is 0 Å². The zero-order valence-corrected chi connectivity index (χ0v) is 28.6. The van der Waals surface area contributed by atoms with Gasteiger partial charge in [-0.3, -0.25) is 4.79 Å². The average Bonchev–Trinajstić information content (AvgIpc) is 3.08. The van der Waals surface area contributed by atoms with Crippen LogP contribution in [0.5, 0.6) is 0 Å². The van der Waals surface area contributed by atoms with E-state index >= 15 is 0 Å². The van der Waals surface area contributed by atoms with Crippen LogP contribution in [0, 0.1) is 35.0 Å². The lowest BCUT2D eigenvalue weighted by atomic mass is 9.79. The van der Waals surface area contributed by atoms with Gasteiger partial charge >= 0.3 is 12.1 Å². The monoisotopic (exact) mass is 649 g/mol. The summed E-state index contributed by atoms with van der Waals surface area (Å²) in [4.78, 5) is 26.2. The first-order chi connectivity index (χ1) is 23.7. The van der Waals surface area contributed by atoms with Gasteiger partial charge in [0.2, 0.25) is 0 Å². The quantitative estimate of drug-likeness (QED) is 0.138. The fourth-order valence-electron chi connectivity index (χ4n) is 6.92. The molecule has 0 saturated carbocycles. The second-order valence-corrected chi connectivity index (χ2v) is 14.0. The van der Waals surface area contributed by atoms with E-state index in [9.17, 15) is 9.59 Å². The van der Waals surface area contributed by atoms with Crippen LogP contribution in [0.3, 0.4) is 0 Å². The minimum absolute atomic E-state index is 0.0765. The summed E-state index contributed by atoms with van der Waals surface area (Å²) in [6, 6.07) is 31.9. The molecule has 1 amide bonds. The number of rotatable bonds is 10. The molecule has 6 rings (SSSR count). The molecular formula is C44H43NO4. The Morgan fingerprint density at radius 2 is 1.18 bits per heavy atom. The van der Waals surface area contributed by atoms with Crippen molar-refractivity contribution in [2.75, 3.05) is 6.54 Å². The van der Waals surface area contributed by atoms with Gasteiger partial charge < -0.3 is 14.8 Å². The number of amides is 1. The summed E-state index contributed by atoms with van der Waals surface area (Å²) in [5, 5.41) is 2.98. The topological polar surface area (TPSA) is 64.6 Å². The van der Waals surface area contributed by atoms with E-state index in [1.54, 1.807) is 0 Å². The third-order valence-electron chi connectivity index (χ3n) is 9.46. The van der Waals surface area contributed by atoms with Gasteiger partial charge in [-0.2, -0.15) is 0 Å². The molecule has 3 atom stereocenters. The van der Waals surface area contributed by atoms with E-state index < -0.39 is 12.2 Å². The van der Waals surface area contributed by atoms with E-state index in [2.05, 4.69) is 55.8 Å². The highest BCUT2D eigenvalue weighted by Crippen LogP contribution is 2.34. The number of esters is 1. The highest BCUT2D eigenvalue weighted by atomic mass is 16.6. The molecule has 248 valence electrons. The van der Waals surface area contributed by atoms with E-state index in [0.29, 0.717) is 38.1 Å². The van der Waals surface area contributed by atoms with Crippen molar-refractivity contribution < 1.29 is 19.1 Å². The first-order valence-corrected chi connectivity index (χ1v) is 17.3. The number of ether oxygens (including phenoxy) is 2. The second kappa shape index (κ2) is 15.3. The number of fused-ring (bicyclic) bond motifs is 4. The van der Waals surface area contributed by atoms with Gasteiger partial charge in [0.1, 0.15) is 12.2 Å². The van der Waals surface area contributed by atoms with Crippen LogP contribution < -0.4 is 5.32 Å². The molecule has 0 fully saturated rings. The molecule has 5 heteroatoms. The average molecular weight is 650 g/mol. The SMILES string of the molecule is CC(CCNC(=O)OC1Cc2ccccc2C#Cc2ccccc21)CC(C)(C)CCC(=O)OC1Cc2ccccc2C#Cc2ccccc21. The predicted octanol–water partition coefficient (Wildman–Crippen LogP) is 8.87. The van der Waals surface area contributed by atoms with E-state index in [1.165, 1.54) is 0 Å². The van der Waals surface area contributed by atoms with E-state index in [-0.39, 0.29) is 17.5 Å². The molecule has 4 aromatic carbocycles. The number of alkyl carbamates (subject to hydrolysis) is 1. The van der Waals surface area contributed by atoms with Crippen LogP contribution in [0.2, 0.25) is 0 Å². The summed E-state index contributed by atoms with van der Waals surface area (Å²) in [5.41, 5.74) is 7.66. The molecule has 49 heavy (non-hydrogen) atoms. The Hall–Kier alpha value is -5.26. The Balaban J connectivity index is 0.981. The molecule has 2 aliphatic rings. The molecule has 3 unspecified atom stereocenters. The normalized spacial score (nSPS) is 16.4. The van der Waals surface area contributed by atoms with E-state index in [1.807, 2.05) is 91.0 Å². The molecule has 4 aromatic rings. The maximum Gasteiger partial charge on any atom is 0.407 e. The maximum absolute atomic E-state index is 13.2. The fourth-order valence-corrected chi connectivity index (χ4v) is 6.92. The summed E-state index contributed by atoms with van der Waals surface area (Å²) >= 11 is 0. The van der Waals surface area contributed by atoms with Crippen molar-refractivity contribution in [2.45, 2.75) is 71.5 Å². The Morgan fingerprint density at radius 3 is 1.76 bits per heavy atom. The number of carbonyl (C=O) groups excluding carboxylic acids is 2. The zero-order chi connectivity index (χ0) is 34.2. The molecule has 0 heterocycles. The van der Waals surface area contributed by atoms with E-state index in [4.69, 9.17) is 9.47 Å². The molecule has 0 bridgehead atoms. The third kappa shape index (κ3) is 8.81. The summed E-state index contributed by atoms with van der Waals surface area (Å²) in [6.07, 6.45) is 2.69. The lowest BCUT2D eigenvalue weighted by Crippen LogP contribution is -2.29. The van der Waals surface area contributed by atoms with Crippen LogP contribution in [0.4, 0.5) is 4.79 Å². The second-order valence-electron chi connectivity index (χ2n) is 14.0. The van der Waals surface area contributed by atoms with Crippen LogP contribution in [0.1, 0.15) is 103 Å². The van der Waals surface area contributed by atoms with Crippen LogP contribution in [-0.2, 0) is 27.1 Å². The maximum atomic E-state index is 13.2. The molecule has 0 aromatic heterocycles. The van der Waals surface area contributed by atoms with Crippen LogP contribution in [-0.4, -0.2) is 18.6 Å².